The lowest BCUT2D eigenvalue weighted by atomic mass is 10.1. The molecule has 0 aliphatic carbocycles. The summed E-state index contributed by atoms with van der Waals surface area (Å²) in [5, 5.41) is 7.41. The Balaban J connectivity index is 1.44. The fourth-order valence-electron chi connectivity index (χ4n) is 3.37. The third-order valence-electron chi connectivity index (χ3n) is 4.91. The molecule has 4 aromatic rings. The van der Waals surface area contributed by atoms with Crippen molar-refractivity contribution >= 4 is 11.6 Å². The molecule has 0 fully saturated rings. The summed E-state index contributed by atoms with van der Waals surface area (Å²) in [7, 11) is 0. The van der Waals surface area contributed by atoms with Gasteiger partial charge in [0.15, 0.2) is 0 Å². The fourth-order valence-corrected chi connectivity index (χ4v) is 3.37. The predicted octanol–water partition coefficient (Wildman–Crippen LogP) is 4.72. The summed E-state index contributed by atoms with van der Waals surface area (Å²) in [5.74, 6) is 0.483. The number of nitrogens with one attached hydrogen (secondary N) is 1. The maximum Gasteiger partial charge on any atom is 0.259 e. The van der Waals surface area contributed by atoms with Gasteiger partial charge in [-0.2, -0.15) is 5.10 Å². The van der Waals surface area contributed by atoms with Crippen LogP contribution in [0.25, 0.3) is 0 Å². The average Bonchev–Trinajstić information content (AvgIpc) is 3.22. The van der Waals surface area contributed by atoms with Gasteiger partial charge in [0.25, 0.3) is 5.91 Å². The summed E-state index contributed by atoms with van der Waals surface area (Å²) >= 11 is 0. The molecule has 2 aromatic heterocycles. The van der Waals surface area contributed by atoms with Gasteiger partial charge in [-0.25, -0.2) is 0 Å². The van der Waals surface area contributed by atoms with Crippen LogP contribution in [-0.2, 0) is 19.6 Å². The zero-order chi connectivity index (χ0) is 21.5. The normalized spacial score (nSPS) is 10.6. The molecule has 156 valence electrons. The molecule has 2 heterocycles. The van der Waals surface area contributed by atoms with Gasteiger partial charge < -0.3 is 10.1 Å². The maximum atomic E-state index is 12.9. The molecule has 6 nitrogen and oxygen atoms in total. The van der Waals surface area contributed by atoms with Crippen LogP contribution in [0, 0.1) is 0 Å². The van der Waals surface area contributed by atoms with Crippen molar-refractivity contribution in [3.05, 3.63) is 108 Å². The lowest BCUT2D eigenvalue weighted by molar-refractivity contribution is 0.102. The van der Waals surface area contributed by atoms with Gasteiger partial charge in [-0.05, 0) is 36.2 Å². The molecule has 0 atom stereocenters. The molecular weight excluding hydrogens is 388 g/mol. The van der Waals surface area contributed by atoms with Gasteiger partial charge in [0, 0.05) is 18.0 Å². The Labute approximate surface area is 181 Å². The van der Waals surface area contributed by atoms with Crippen molar-refractivity contribution in [2.24, 2.45) is 0 Å². The quantitative estimate of drug-likeness (QED) is 0.455. The van der Waals surface area contributed by atoms with Crippen molar-refractivity contribution in [2.75, 3.05) is 5.32 Å². The molecule has 1 amide bonds. The van der Waals surface area contributed by atoms with E-state index in [0.29, 0.717) is 36.6 Å². The molecule has 1 N–H and O–H groups in total. The second kappa shape index (κ2) is 9.71. The molecule has 0 saturated heterocycles. The van der Waals surface area contributed by atoms with E-state index in [9.17, 15) is 4.79 Å². The molecule has 0 bridgehead atoms. The van der Waals surface area contributed by atoms with Crippen LogP contribution in [0.4, 0.5) is 5.69 Å². The van der Waals surface area contributed by atoms with E-state index >= 15 is 0 Å². The zero-order valence-electron chi connectivity index (χ0n) is 17.4. The van der Waals surface area contributed by atoms with Gasteiger partial charge in [0.1, 0.15) is 12.4 Å². The highest BCUT2D eigenvalue weighted by atomic mass is 16.5. The number of amides is 1. The summed E-state index contributed by atoms with van der Waals surface area (Å²) in [5.41, 5.74) is 4.14. The number of benzene rings is 2. The third-order valence-corrected chi connectivity index (χ3v) is 4.91. The number of carbonyl (C=O) groups excluding carboxylic acids is 1. The van der Waals surface area contributed by atoms with Crippen molar-refractivity contribution in [3.63, 3.8) is 0 Å². The van der Waals surface area contributed by atoms with E-state index < -0.39 is 0 Å². The SMILES string of the molecule is CCc1c(C(=O)Nc2cccc(OCc3ccccn3)c2)cnn1Cc1ccccc1. The summed E-state index contributed by atoms with van der Waals surface area (Å²) < 4.78 is 7.69. The van der Waals surface area contributed by atoms with E-state index in [4.69, 9.17) is 4.74 Å². The molecule has 0 aliphatic heterocycles. The van der Waals surface area contributed by atoms with Crippen LogP contribution in [0.5, 0.6) is 5.75 Å². The molecule has 0 saturated carbocycles. The Bertz CT molecular complexity index is 1140. The minimum Gasteiger partial charge on any atom is -0.487 e. The van der Waals surface area contributed by atoms with Crippen molar-refractivity contribution in [1.82, 2.24) is 14.8 Å². The molecular formula is C25H24N4O2. The van der Waals surface area contributed by atoms with Gasteiger partial charge in [-0.15, -0.1) is 0 Å². The number of nitrogens with zero attached hydrogens (tertiary/aromatic N) is 3. The second-order valence-corrected chi connectivity index (χ2v) is 7.09. The largest absolute Gasteiger partial charge is 0.487 e. The van der Waals surface area contributed by atoms with Crippen molar-refractivity contribution in [2.45, 2.75) is 26.5 Å². The van der Waals surface area contributed by atoms with E-state index in [1.165, 1.54) is 0 Å². The Kier molecular flexibility index (Phi) is 6.38. The molecule has 0 unspecified atom stereocenters. The number of hydrogen-bond donors (Lipinski definition) is 1. The molecule has 0 spiro atoms. The first kappa shape index (κ1) is 20.3. The summed E-state index contributed by atoms with van der Waals surface area (Å²) in [4.78, 5) is 17.2. The summed E-state index contributed by atoms with van der Waals surface area (Å²) in [6.45, 7) is 3.03. The van der Waals surface area contributed by atoms with Gasteiger partial charge in [0.2, 0.25) is 0 Å². The molecule has 0 aliphatic rings. The standard InChI is InChI=1S/C25H24N4O2/c1-2-24-23(16-27-29(24)17-19-9-4-3-5-10-19)25(30)28-20-12-8-13-22(15-20)31-18-21-11-6-7-14-26-21/h3-16H,2,17-18H2,1H3,(H,28,30). The Morgan fingerprint density at radius 1 is 1.03 bits per heavy atom. The second-order valence-electron chi connectivity index (χ2n) is 7.09. The smallest absolute Gasteiger partial charge is 0.259 e. The average molecular weight is 412 g/mol. The molecule has 6 heteroatoms. The minimum atomic E-state index is -0.182. The van der Waals surface area contributed by atoms with Crippen LogP contribution >= 0.6 is 0 Å². The van der Waals surface area contributed by atoms with E-state index in [1.54, 1.807) is 18.5 Å². The third kappa shape index (κ3) is 5.17. The molecule has 31 heavy (non-hydrogen) atoms. The number of anilines is 1. The van der Waals surface area contributed by atoms with Crippen molar-refractivity contribution in [3.8, 4) is 5.75 Å². The van der Waals surface area contributed by atoms with Crippen LogP contribution in [-0.4, -0.2) is 20.7 Å². The fraction of sp³-hybridized carbons (Fsp3) is 0.160. The highest BCUT2D eigenvalue weighted by molar-refractivity contribution is 6.05. The number of pyridine rings is 1. The lowest BCUT2D eigenvalue weighted by Gasteiger charge is -2.10. The Morgan fingerprint density at radius 2 is 1.87 bits per heavy atom. The van der Waals surface area contributed by atoms with Gasteiger partial charge in [0.05, 0.1) is 29.7 Å². The van der Waals surface area contributed by atoms with Crippen LogP contribution in [0.15, 0.2) is 85.2 Å². The number of ether oxygens (including phenoxy) is 1. The van der Waals surface area contributed by atoms with Crippen LogP contribution in [0.1, 0.15) is 34.2 Å². The van der Waals surface area contributed by atoms with Crippen LogP contribution in [0.3, 0.4) is 0 Å². The van der Waals surface area contributed by atoms with E-state index in [2.05, 4.69) is 27.5 Å². The number of carbonyl (C=O) groups is 1. The maximum absolute atomic E-state index is 12.9. The molecule has 2 aromatic carbocycles. The highest BCUT2D eigenvalue weighted by Gasteiger charge is 2.17. The topological polar surface area (TPSA) is 69.0 Å². The van der Waals surface area contributed by atoms with Crippen molar-refractivity contribution < 1.29 is 9.53 Å². The summed E-state index contributed by atoms with van der Waals surface area (Å²) in [6, 6.07) is 23.1. The van der Waals surface area contributed by atoms with Gasteiger partial charge >= 0.3 is 0 Å². The van der Waals surface area contributed by atoms with Crippen molar-refractivity contribution in [1.29, 1.82) is 0 Å². The number of rotatable bonds is 8. The Morgan fingerprint density at radius 3 is 2.65 bits per heavy atom. The van der Waals surface area contributed by atoms with E-state index in [-0.39, 0.29) is 5.91 Å². The number of hydrogen-bond acceptors (Lipinski definition) is 4. The van der Waals surface area contributed by atoms with Gasteiger partial charge in [-0.3, -0.25) is 14.5 Å². The molecule has 0 radical (unpaired) electrons. The number of aromatic nitrogens is 3. The van der Waals surface area contributed by atoms with E-state index in [1.807, 2.05) is 66.2 Å². The van der Waals surface area contributed by atoms with Crippen LogP contribution < -0.4 is 10.1 Å². The zero-order valence-corrected chi connectivity index (χ0v) is 17.4. The first-order chi connectivity index (χ1) is 15.2. The monoisotopic (exact) mass is 412 g/mol. The summed E-state index contributed by atoms with van der Waals surface area (Å²) in [6.07, 6.45) is 4.08. The van der Waals surface area contributed by atoms with Crippen LogP contribution in [0.2, 0.25) is 0 Å². The lowest BCUT2D eigenvalue weighted by Crippen LogP contribution is -2.15. The minimum absolute atomic E-state index is 0.182. The first-order valence-electron chi connectivity index (χ1n) is 10.3. The van der Waals surface area contributed by atoms with Gasteiger partial charge in [-0.1, -0.05) is 49.4 Å². The van der Waals surface area contributed by atoms with E-state index in [0.717, 1.165) is 17.0 Å². The highest BCUT2D eigenvalue weighted by Crippen LogP contribution is 2.20. The first-order valence-corrected chi connectivity index (χ1v) is 10.3. The predicted molar refractivity (Wildman–Crippen MR) is 120 cm³/mol. The Hall–Kier alpha value is -3.93. The molecule has 4 rings (SSSR count).